The number of hydrogen-bond donors (Lipinski definition) is 1. The first-order chi connectivity index (χ1) is 11.0. The number of para-hydroxylation sites is 1. The summed E-state index contributed by atoms with van der Waals surface area (Å²) < 4.78 is 7.65. The Morgan fingerprint density at radius 3 is 2.91 bits per heavy atom. The van der Waals surface area contributed by atoms with E-state index in [4.69, 9.17) is 4.74 Å². The maximum Gasteiger partial charge on any atom is 0.227 e. The normalized spacial score (nSPS) is 21.4. The lowest BCUT2D eigenvalue weighted by Gasteiger charge is -2.40. The number of hydrogen-bond acceptors (Lipinski definition) is 4. The molecule has 0 bridgehead atoms. The molecule has 0 spiro atoms. The summed E-state index contributed by atoms with van der Waals surface area (Å²) in [5.74, 6) is 0.147. The SMILES string of the molecule is Cn1cc([C@@]2(C)CN(C(=O)Cc3ccccc3O)CCO2)cn1. The quantitative estimate of drug-likeness (QED) is 0.931. The van der Waals surface area contributed by atoms with E-state index >= 15 is 0 Å². The highest BCUT2D eigenvalue weighted by Gasteiger charge is 2.36. The number of amides is 1. The topological polar surface area (TPSA) is 67.6 Å². The molecule has 2 heterocycles. The van der Waals surface area contributed by atoms with Gasteiger partial charge in [-0.05, 0) is 13.0 Å². The van der Waals surface area contributed by atoms with E-state index in [-0.39, 0.29) is 18.1 Å². The number of aromatic hydroxyl groups is 1. The van der Waals surface area contributed by atoms with Gasteiger partial charge in [0, 0.05) is 30.9 Å². The van der Waals surface area contributed by atoms with Crippen molar-refractivity contribution in [1.82, 2.24) is 14.7 Å². The van der Waals surface area contributed by atoms with Crippen LogP contribution in [-0.4, -0.2) is 45.4 Å². The second kappa shape index (κ2) is 6.04. The Kier molecular flexibility index (Phi) is 4.09. The summed E-state index contributed by atoms with van der Waals surface area (Å²) in [5.41, 5.74) is 1.05. The smallest absolute Gasteiger partial charge is 0.227 e. The van der Waals surface area contributed by atoms with Crippen LogP contribution in [-0.2, 0) is 28.6 Å². The number of ether oxygens (including phenoxy) is 1. The van der Waals surface area contributed by atoms with Gasteiger partial charge in [0.2, 0.25) is 5.91 Å². The van der Waals surface area contributed by atoms with Gasteiger partial charge in [-0.15, -0.1) is 0 Å². The van der Waals surface area contributed by atoms with Gasteiger partial charge in [0.15, 0.2) is 0 Å². The van der Waals surface area contributed by atoms with Crippen molar-refractivity contribution in [1.29, 1.82) is 0 Å². The lowest BCUT2D eigenvalue weighted by Crippen LogP contribution is -2.50. The highest BCUT2D eigenvalue weighted by atomic mass is 16.5. The summed E-state index contributed by atoms with van der Waals surface area (Å²) in [7, 11) is 1.86. The zero-order valence-electron chi connectivity index (χ0n) is 13.4. The maximum atomic E-state index is 12.6. The van der Waals surface area contributed by atoms with Crippen LogP contribution in [0.25, 0.3) is 0 Å². The molecule has 1 saturated heterocycles. The third-order valence-electron chi connectivity index (χ3n) is 4.28. The molecule has 1 aliphatic heterocycles. The van der Waals surface area contributed by atoms with Gasteiger partial charge in [-0.1, -0.05) is 18.2 Å². The van der Waals surface area contributed by atoms with Crippen molar-refractivity contribution >= 4 is 5.91 Å². The Balaban J connectivity index is 1.73. The zero-order valence-corrected chi connectivity index (χ0v) is 13.4. The number of morpholine rings is 1. The number of aryl methyl sites for hydroxylation is 1. The highest BCUT2D eigenvalue weighted by molar-refractivity contribution is 5.79. The van der Waals surface area contributed by atoms with Crippen molar-refractivity contribution in [3.05, 3.63) is 47.8 Å². The molecule has 6 heteroatoms. The second-order valence-corrected chi connectivity index (χ2v) is 6.10. The molecule has 122 valence electrons. The van der Waals surface area contributed by atoms with E-state index in [1.165, 1.54) is 0 Å². The van der Waals surface area contributed by atoms with Crippen molar-refractivity contribution in [3.8, 4) is 5.75 Å². The van der Waals surface area contributed by atoms with E-state index in [0.29, 0.717) is 25.3 Å². The Labute approximate surface area is 135 Å². The van der Waals surface area contributed by atoms with E-state index in [1.807, 2.05) is 26.2 Å². The Morgan fingerprint density at radius 2 is 2.22 bits per heavy atom. The van der Waals surface area contributed by atoms with Gasteiger partial charge >= 0.3 is 0 Å². The predicted octanol–water partition coefficient (Wildman–Crippen LogP) is 1.44. The lowest BCUT2D eigenvalue weighted by atomic mass is 9.96. The van der Waals surface area contributed by atoms with E-state index in [1.54, 1.807) is 34.0 Å². The number of phenols is 1. The van der Waals surface area contributed by atoms with Crippen LogP contribution in [0.3, 0.4) is 0 Å². The number of nitrogens with zero attached hydrogens (tertiary/aromatic N) is 3. The van der Waals surface area contributed by atoms with Crippen LogP contribution < -0.4 is 0 Å². The van der Waals surface area contributed by atoms with Gasteiger partial charge in [0.25, 0.3) is 0 Å². The van der Waals surface area contributed by atoms with Crippen LogP contribution in [0, 0.1) is 0 Å². The van der Waals surface area contributed by atoms with E-state index in [0.717, 1.165) is 5.56 Å². The first kappa shape index (κ1) is 15.6. The average Bonchev–Trinajstić information content (AvgIpc) is 2.97. The first-order valence-electron chi connectivity index (χ1n) is 7.66. The Hall–Kier alpha value is -2.34. The van der Waals surface area contributed by atoms with Crippen molar-refractivity contribution in [3.63, 3.8) is 0 Å². The van der Waals surface area contributed by atoms with Gasteiger partial charge in [-0.3, -0.25) is 9.48 Å². The number of carbonyl (C=O) groups is 1. The van der Waals surface area contributed by atoms with Crippen LogP contribution in [0.15, 0.2) is 36.7 Å². The average molecular weight is 315 g/mol. The molecule has 2 aromatic rings. The minimum atomic E-state index is -0.555. The molecule has 0 radical (unpaired) electrons. The fraction of sp³-hybridized carbons (Fsp3) is 0.412. The number of phenolic OH excluding ortho intramolecular Hbond substituents is 1. The predicted molar refractivity (Wildman–Crippen MR) is 84.9 cm³/mol. The minimum Gasteiger partial charge on any atom is -0.508 e. The molecule has 3 rings (SSSR count). The summed E-state index contributed by atoms with van der Waals surface area (Å²) in [4.78, 5) is 14.4. The van der Waals surface area contributed by atoms with Crippen LogP contribution in [0.2, 0.25) is 0 Å². The monoisotopic (exact) mass is 315 g/mol. The molecule has 6 nitrogen and oxygen atoms in total. The van der Waals surface area contributed by atoms with E-state index in [2.05, 4.69) is 5.10 Å². The van der Waals surface area contributed by atoms with Crippen LogP contribution in [0.5, 0.6) is 5.75 Å². The molecule has 1 aromatic carbocycles. The molecule has 0 aliphatic carbocycles. The molecule has 0 saturated carbocycles. The number of aromatic nitrogens is 2. The maximum absolute atomic E-state index is 12.6. The molecular weight excluding hydrogens is 294 g/mol. The number of rotatable bonds is 3. The lowest BCUT2D eigenvalue weighted by molar-refractivity contribution is -0.149. The molecule has 1 amide bonds. The highest BCUT2D eigenvalue weighted by Crippen LogP contribution is 2.29. The third kappa shape index (κ3) is 3.22. The fourth-order valence-electron chi connectivity index (χ4n) is 2.89. The summed E-state index contributed by atoms with van der Waals surface area (Å²) in [6.07, 6.45) is 3.88. The third-order valence-corrected chi connectivity index (χ3v) is 4.28. The molecule has 23 heavy (non-hydrogen) atoms. The van der Waals surface area contributed by atoms with Crippen LogP contribution >= 0.6 is 0 Å². The fourth-order valence-corrected chi connectivity index (χ4v) is 2.89. The van der Waals surface area contributed by atoms with E-state index in [9.17, 15) is 9.90 Å². The summed E-state index contributed by atoms with van der Waals surface area (Å²) in [6, 6.07) is 6.94. The summed E-state index contributed by atoms with van der Waals surface area (Å²) in [6.45, 7) is 3.49. The van der Waals surface area contributed by atoms with Gasteiger partial charge in [-0.25, -0.2) is 0 Å². The van der Waals surface area contributed by atoms with Gasteiger partial charge in [0.05, 0.1) is 25.8 Å². The Bertz CT molecular complexity index is 713. The molecule has 1 N–H and O–H groups in total. The molecule has 0 unspecified atom stereocenters. The van der Waals surface area contributed by atoms with Crippen molar-refractivity contribution in [2.45, 2.75) is 18.9 Å². The van der Waals surface area contributed by atoms with Crippen LogP contribution in [0.4, 0.5) is 0 Å². The number of benzene rings is 1. The second-order valence-electron chi connectivity index (χ2n) is 6.10. The summed E-state index contributed by atoms with van der Waals surface area (Å²) >= 11 is 0. The van der Waals surface area contributed by atoms with Crippen LogP contribution in [0.1, 0.15) is 18.1 Å². The minimum absolute atomic E-state index is 0.00934. The van der Waals surface area contributed by atoms with Gasteiger partial charge in [0.1, 0.15) is 11.4 Å². The van der Waals surface area contributed by atoms with Crippen molar-refractivity contribution < 1.29 is 14.6 Å². The number of carbonyl (C=O) groups excluding carboxylic acids is 1. The van der Waals surface area contributed by atoms with Gasteiger partial charge in [-0.2, -0.15) is 5.10 Å². The largest absolute Gasteiger partial charge is 0.508 e. The molecule has 1 aromatic heterocycles. The summed E-state index contributed by atoms with van der Waals surface area (Å²) in [5, 5.41) is 14.0. The zero-order chi connectivity index (χ0) is 16.4. The molecule has 1 aliphatic rings. The van der Waals surface area contributed by atoms with Crippen molar-refractivity contribution in [2.24, 2.45) is 7.05 Å². The van der Waals surface area contributed by atoms with Gasteiger partial charge < -0.3 is 14.7 Å². The molecule has 1 atom stereocenters. The Morgan fingerprint density at radius 1 is 1.43 bits per heavy atom. The van der Waals surface area contributed by atoms with E-state index < -0.39 is 5.60 Å². The molecular formula is C17H21N3O3. The molecule has 1 fully saturated rings. The van der Waals surface area contributed by atoms with Crippen molar-refractivity contribution in [2.75, 3.05) is 19.7 Å². The standard InChI is InChI=1S/C17H21N3O3/c1-17(14-10-18-19(2)11-14)12-20(7-8-23-17)16(22)9-13-5-3-4-6-15(13)21/h3-6,10-11,21H,7-9,12H2,1-2H3/t17-/m1/s1. The first-order valence-corrected chi connectivity index (χ1v) is 7.66.